The molecule has 1 N–H and O–H groups in total. The molecule has 9 heteroatoms. The Bertz CT molecular complexity index is 780. The second kappa shape index (κ2) is 8.28. The van der Waals surface area contributed by atoms with Gasteiger partial charge in [-0.25, -0.2) is 0 Å². The van der Waals surface area contributed by atoms with Gasteiger partial charge in [0, 0.05) is 17.5 Å². The molecule has 0 bridgehead atoms. The Balaban J connectivity index is 2.06. The fourth-order valence-corrected chi connectivity index (χ4v) is 3.30. The molecule has 1 aromatic heterocycles. The average molecular weight is 384 g/mol. The predicted molar refractivity (Wildman–Crippen MR) is 98.5 cm³/mol. The van der Waals surface area contributed by atoms with Gasteiger partial charge in [-0.2, -0.15) is 0 Å². The third-order valence-electron chi connectivity index (χ3n) is 3.73. The molecule has 1 atom stereocenters. The van der Waals surface area contributed by atoms with Crippen LogP contribution in [-0.4, -0.2) is 35.9 Å². The van der Waals surface area contributed by atoms with E-state index in [9.17, 15) is 14.9 Å². The van der Waals surface area contributed by atoms with E-state index in [2.05, 4.69) is 5.32 Å². The standard InChI is InChI=1S/C16H18ClN3O4S/c1-10(19(2)9-12-5-7-15(17)25-12)16(21)18-13-6-4-11(20(22)23)8-14(13)24-3/h4-8,10H,9H2,1-3H3,(H,18,21)/t10-/m1/s1. The number of hydrogen-bond acceptors (Lipinski definition) is 6. The van der Waals surface area contributed by atoms with E-state index in [1.807, 2.05) is 24.1 Å². The third-order valence-corrected chi connectivity index (χ3v) is 4.94. The molecule has 0 fully saturated rings. The fraction of sp³-hybridized carbons (Fsp3) is 0.312. The molecule has 2 rings (SSSR count). The summed E-state index contributed by atoms with van der Waals surface area (Å²) < 4.78 is 5.83. The topological polar surface area (TPSA) is 84.7 Å². The number of halogens is 1. The number of rotatable bonds is 7. The summed E-state index contributed by atoms with van der Waals surface area (Å²) in [6.45, 7) is 2.37. The highest BCUT2D eigenvalue weighted by Gasteiger charge is 2.21. The van der Waals surface area contributed by atoms with Gasteiger partial charge in [-0.1, -0.05) is 11.6 Å². The summed E-state index contributed by atoms with van der Waals surface area (Å²) in [4.78, 5) is 25.7. The van der Waals surface area contributed by atoms with E-state index in [0.29, 0.717) is 16.6 Å². The molecular formula is C16H18ClN3O4S. The normalized spacial score (nSPS) is 12.0. The molecule has 1 aromatic carbocycles. The molecule has 0 aliphatic heterocycles. The molecular weight excluding hydrogens is 366 g/mol. The number of carbonyl (C=O) groups excluding carboxylic acids is 1. The van der Waals surface area contributed by atoms with E-state index in [1.165, 1.54) is 36.6 Å². The second-order valence-corrected chi connectivity index (χ2v) is 7.23. The summed E-state index contributed by atoms with van der Waals surface area (Å²) in [6, 6.07) is 7.38. The van der Waals surface area contributed by atoms with E-state index < -0.39 is 11.0 Å². The van der Waals surface area contributed by atoms with E-state index in [0.717, 1.165) is 4.88 Å². The summed E-state index contributed by atoms with van der Waals surface area (Å²) >= 11 is 7.39. The largest absolute Gasteiger partial charge is 0.494 e. The highest BCUT2D eigenvalue weighted by molar-refractivity contribution is 7.16. The van der Waals surface area contributed by atoms with Crippen molar-refractivity contribution in [2.24, 2.45) is 0 Å². The minimum atomic E-state index is -0.517. The number of hydrogen-bond donors (Lipinski definition) is 1. The van der Waals surface area contributed by atoms with Crippen LogP contribution in [0.2, 0.25) is 4.34 Å². The fourth-order valence-electron chi connectivity index (χ4n) is 2.15. The highest BCUT2D eigenvalue weighted by atomic mass is 35.5. The number of non-ortho nitro benzene ring substituents is 1. The molecule has 7 nitrogen and oxygen atoms in total. The van der Waals surface area contributed by atoms with Crippen LogP contribution in [0.15, 0.2) is 30.3 Å². The lowest BCUT2D eigenvalue weighted by Crippen LogP contribution is -2.39. The van der Waals surface area contributed by atoms with Gasteiger partial charge >= 0.3 is 0 Å². The Morgan fingerprint density at radius 2 is 2.16 bits per heavy atom. The SMILES string of the molecule is COc1cc([N+](=O)[O-])ccc1NC(=O)[C@@H](C)N(C)Cc1ccc(Cl)s1. The number of ether oxygens (including phenoxy) is 1. The Morgan fingerprint density at radius 1 is 1.44 bits per heavy atom. The lowest BCUT2D eigenvalue weighted by molar-refractivity contribution is -0.384. The van der Waals surface area contributed by atoms with Crippen molar-refractivity contribution in [1.82, 2.24) is 4.90 Å². The quantitative estimate of drug-likeness (QED) is 0.581. The first-order chi connectivity index (χ1) is 11.8. The lowest BCUT2D eigenvalue weighted by atomic mass is 10.2. The number of thiophene rings is 1. The number of benzene rings is 1. The van der Waals surface area contributed by atoms with Crippen molar-refractivity contribution in [1.29, 1.82) is 0 Å². The number of nitro groups is 1. The molecule has 0 saturated carbocycles. The van der Waals surface area contributed by atoms with Gasteiger partial charge in [0.05, 0.1) is 34.2 Å². The van der Waals surface area contributed by atoms with Gasteiger partial charge in [0.2, 0.25) is 5.91 Å². The van der Waals surface area contributed by atoms with Gasteiger partial charge in [0.15, 0.2) is 0 Å². The van der Waals surface area contributed by atoms with Gasteiger partial charge in [-0.15, -0.1) is 11.3 Å². The van der Waals surface area contributed by atoms with Crippen LogP contribution in [-0.2, 0) is 11.3 Å². The summed E-state index contributed by atoms with van der Waals surface area (Å²) in [6.07, 6.45) is 0. The van der Waals surface area contributed by atoms with Crippen LogP contribution < -0.4 is 10.1 Å². The van der Waals surface area contributed by atoms with Crippen LogP contribution in [0.25, 0.3) is 0 Å². The zero-order valence-electron chi connectivity index (χ0n) is 14.0. The number of amides is 1. The van der Waals surface area contributed by atoms with Crippen molar-refractivity contribution in [3.63, 3.8) is 0 Å². The number of anilines is 1. The molecule has 1 heterocycles. The van der Waals surface area contributed by atoms with Gasteiger partial charge < -0.3 is 10.1 Å². The maximum Gasteiger partial charge on any atom is 0.273 e. The predicted octanol–water partition coefficient (Wildman–Crippen LogP) is 3.78. The Hall–Kier alpha value is -2.16. The van der Waals surface area contributed by atoms with Gasteiger partial charge in [0.1, 0.15) is 5.75 Å². The molecule has 0 aliphatic carbocycles. The van der Waals surface area contributed by atoms with Gasteiger partial charge in [-0.05, 0) is 32.2 Å². The van der Waals surface area contributed by atoms with E-state index in [4.69, 9.17) is 16.3 Å². The smallest absolute Gasteiger partial charge is 0.273 e. The van der Waals surface area contributed by atoms with Crippen LogP contribution in [0.1, 0.15) is 11.8 Å². The van der Waals surface area contributed by atoms with Crippen LogP contribution in [0.5, 0.6) is 5.75 Å². The summed E-state index contributed by atoms with van der Waals surface area (Å²) in [5.74, 6) is -0.000234. The first kappa shape index (κ1) is 19.2. The molecule has 0 unspecified atom stereocenters. The van der Waals surface area contributed by atoms with Crippen LogP contribution in [0.3, 0.4) is 0 Å². The third kappa shape index (κ3) is 4.91. The van der Waals surface area contributed by atoms with Crippen LogP contribution in [0, 0.1) is 10.1 Å². The maximum atomic E-state index is 12.5. The summed E-state index contributed by atoms with van der Waals surface area (Å²) in [5.41, 5.74) is 0.284. The minimum Gasteiger partial charge on any atom is -0.494 e. The van der Waals surface area contributed by atoms with E-state index >= 15 is 0 Å². The first-order valence-corrected chi connectivity index (χ1v) is 8.59. The Labute approximate surface area is 154 Å². The highest BCUT2D eigenvalue weighted by Crippen LogP contribution is 2.29. The zero-order valence-corrected chi connectivity index (χ0v) is 15.6. The minimum absolute atomic E-state index is 0.102. The molecule has 134 valence electrons. The maximum absolute atomic E-state index is 12.5. The van der Waals surface area contributed by atoms with E-state index in [-0.39, 0.29) is 17.3 Å². The molecule has 2 aromatic rings. The average Bonchev–Trinajstić information content (AvgIpc) is 2.98. The number of nitrogens with one attached hydrogen (secondary N) is 1. The number of methoxy groups -OCH3 is 1. The lowest BCUT2D eigenvalue weighted by Gasteiger charge is -2.23. The van der Waals surface area contributed by atoms with Crippen LogP contribution in [0.4, 0.5) is 11.4 Å². The number of carbonyl (C=O) groups is 1. The molecule has 0 saturated heterocycles. The Kier molecular flexibility index (Phi) is 6.35. The monoisotopic (exact) mass is 383 g/mol. The first-order valence-electron chi connectivity index (χ1n) is 7.39. The molecule has 1 amide bonds. The zero-order chi connectivity index (χ0) is 18.6. The van der Waals surface area contributed by atoms with Crippen molar-refractivity contribution < 1.29 is 14.5 Å². The second-order valence-electron chi connectivity index (χ2n) is 5.43. The molecule has 25 heavy (non-hydrogen) atoms. The summed E-state index contributed by atoms with van der Waals surface area (Å²) in [5, 5.41) is 13.6. The number of nitro benzene ring substituents is 1. The van der Waals surface area contributed by atoms with E-state index in [1.54, 1.807) is 6.92 Å². The molecule has 0 radical (unpaired) electrons. The van der Waals surface area contributed by atoms with Crippen molar-refractivity contribution in [3.8, 4) is 5.75 Å². The van der Waals surface area contributed by atoms with Crippen LogP contribution >= 0.6 is 22.9 Å². The van der Waals surface area contributed by atoms with Gasteiger partial charge in [0.25, 0.3) is 5.69 Å². The van der Waals surface area contributed by atoms with Gasteiger partial charge in [-0.3, -0.25) is 19.8 Å². The Morgan fingerprint density at radius 3 is 2.72 bits per heavy atom. The number of likely N-dealkylation sites (N-methyl/N-ethyl adjacent to an activating group) is 1. The van der Waals surface area contributed by atoms with Crippen molar-refractivity contribution in [2.45, 2.75) is 19.5 Å². The van der Waals surface area contributed by atoms with Crippen molar-refractivity contribution >= 4 is 40.2 Å². The summed E-state index contributed by atoms with van der Waals surface area (Å²) in [7, 11) is 3.23. The molecule has 0 spiro atoms. The van der Waals surface area contributed by atoms with Crippen molar-refractivity contribution in [3.05, 3.63) is 49.7 Å². The van der Waals surface area contributed by atoms with Crippen molar-refractivity contribution in [2.75, 3.05) is 19.5 Å². The number of nitrogens with zero attached hydrogens (tertiary/aromatic N) is 2. The molecule has 0 aliphatic rings.